The quantitative estimate of drug-likeness (QED) is 0.685. The van der Waals surface area contributed by atoms with Gasteiger partial charge in [0, 0.05) is 12.2 Å². The average Bonchev–Trinajstić information content (AvgIpc) is 2.68. The molecule has 1 aliphatic rings. The van der Waals surface area contributed by atoms with E-state index < -0.39 is 6.10 Å². The van der Waals surface area contributed by atoms with Crippen molar-refractivity contribution in [2.24, 2.45) is 0 Å². The van der Waals surface area contributed by atoms with Crippen molar-refractivity contribution >= 4 is 11.6 Å². The number of aliphatic hydroxyl groups excluding tert-OH is 1. The number of hydrogen-bond acceptors (Lipinski definition) is 3. The van der Waals surface area contributed by atoms with Crippen molar-refractivity contribution in [3.8, 4) is 0 Å². The first-order chi connectivity index (χ1) is 7.65. The van der Waals surface area contributed by atoms with E-state index in [4.69, 9.17) is 0 Å². The van der Waals surface area contributed by atoms with Gasteiger partial charge in [-0.3, -0.25) is 4.79 Å². The molecule has 16 heavy (non-hydrogen) atoms. The first-order valence-electron chi connectivity index (χ1n) is 5.13. The van der Waals surface area contributed by atoms with E-state index in [-0.39, 0.29) is 17.8 Å². The van der Waals surface area contributed by atoms with Gasteiger partial charge >= 0.3 is 0 Å². The minimum atomic E-state index is -0.469. The number of carbonyl (C=O) groups is 1. The summed E-state index contributed by atoms with van der Waals surface area (Å²) >= 11 is 0. The van der Waals surface area contributed by atoms with Crippen molar-refractivity contribution in [1.29, 1.82) is 0 Å². The number of carbonyl (C=O) groups excluding carboxylic acids is 1. The van der Waals surface area contributed by atoms with Crippen molar-refractivity contribution in [3.63, 3.8) is 0 Å². The molecule has 0 aliphatic carbocycles. The summed E-state index contributed by atoms with van der Waals surface area (Å²) in [6, 6.07) is 5.19. The molecule has 86 valence electrons. The van der Waals surface area contributed by atoms with Crippen LogP contribution in [0, 0.1) is 5.82 Å². The normalized spacial score (nSPS) is 24.4. The maximum absolute atomic E-state index is 12.6. The van der Waals surface area contributed by atoms with E-state index in [1.165, 1.54) is 24.3 Å². The lowest BCUT2D eigenvalue weighted by Crippen LogP contribution is -2.35. The highest BCUT2D eigenvalue weighted by Crippen LogP contribution is 2.12. The maximum atomic E-state index is 12.6. The molecule has 0 bridgehead atoms. The van der Waals surface area contributed by atoms with Gasteiger partial charge in [-0.1, -0.05) is 0 Å². The minimum absolute atomic E-state index is 0.205. The molecule has 0 unspecified atom stereocenters. The Kier molecular flexibility index (Phi) is 3.17. The number of anilines is 1. The Morgan fingerprint density at radius 1 is 1.44 bits per heavy atom. The van der Waals surface area contributed by atoms with E-state index in [2.05, 4.69) is 10.6 Å². The van der Waals surface area contributed by atoms with Gasteiger partial charge in [-0.2, -0.15) is 0 Å². The Morgan fingerprint density at radius 3 is 2.69 bits per heavy atom. The third kappa shape index (κ3) is 2.56. The lowest BCUT2D eigenvalue weighted by Gasteiger charge is -2.10. The predicted octanol–water partition coefficient (Wildman–Crippen LogP) is 0.487. The van der Waals surface area contributed by atoms with Gasteiger partial charge in [0.05, 0.1) is 12.1 Å². The van der Waals surface area contributed by atoms with Crippen molar-refractivity contribution < 1.29 is 14.3 Å². The first-order valence-corrected chi connectivity index (χ1v) is 5.13. The highest BCUT2D eigenvalue weighted by atomic mass is 19.1. The molecule has 1 heterocycles. The van der Waals surface area contributed by atoms with Gasteiger partial charge in [0.2, 0.25) is 5.91 Å². The Labute approximate surface area is 92.5 Å². The first kappa shape index (κ1) is 11.0. The van der Waals surface area contributed by atoms with Crippen molar-refractivity contribution in [2.45, 2.75) is 18.6 Å². The second-order valence-electron chi connectivity index (χ2n) is 3.85. The molecule has 1 aromatic rings. The second-order valence-corrected chi connectivity index (χ2v) is 3.85. The third-order valence-electron chi connectivity index (χ3n) is 2.54. The van der Waals surface area contributed by atoms with E-state index in [1.54, 1.807) is 0 Å². The number of hydrogen-bond donors (Lipinski definition) is 3. The summed E-state index contributed by atoms with van der Waals surface area (Å²) in [6.45, 7) is 0.432. The monoisotopic (exact) mass is 224 g/mol. The molecule has 1 aromatic carbocycles. The molecule has 2 atom stereocenters. The van der Waals surface area contributed by atoms with Crippen LogP contribution in [0.3, 0.4) is 0 Å². The van der Waals surface area contributed by atoms with E-state index in [1.807, 2.05) is 0 Å². The Balaban J connectivity index is 1.94. The lowest BCUT2D eigenvalue weighted by molar-refractivity contribution is -0.117. The fraction of sp³-hybridized carbons (Fsp3) is 0.364. The van der Waals surface area contributed by atoms with E-state index >= 15 is 0 Å². The Morgan fingerprint density at radius 2 is 2.12 bits per heavy atom. The molecular weight excluding hydrogens is 211 g/mol. The highest BCUT2D eigenvalue weighted by Gasteiger charge is 2.27. The summed E-state index contributed by atoms with van der Waals surface area (Å²) in [7, 11) is 0. The third-order valence-corrected chi connectivity index (χ3v) is 2.54. The van der Waals surface area contributed by atoms with Crippen LogP contribution < -0.4 is 10.6 Å². The van der Waals surface area contributed by atoms with Crippen LogP contribution in [0.25, 0.3) is 0 Å². The fourth-order valence-corrected chi connectivity index (χ4v) is 1.68. The molecule has 5 heteroatoms. The van der Waals surface area contributed by atoms with E-state index in [9.17, 15) is 14.3 Å². The fourth-order valence-electron chi connectivity index (χ4n) is 1.68. The molecule has 1 saturated heterocycles. The largest absolute Gasteiger partial charge is 0.392 e. The van der Waals surface area contributed by atoms with Gasteiger partial charge in [0.15, 0.2) is 0 Å². The smallest absolute Gasteiger partial charge is 0.241 e. The summed E-state index contributed by atoms with van der Waals surface area (Å²) in [6.07, 6.45) is -0.0588. The molecule has 0 radical (unpaired) electrons. The number of β-amino-alcohol motifs (C(OH)–C–C–N with tert-alkyl or cyclic N) is 1. The number of benzene rings is 1. The van der Waals surface area contributed by atoms with Crippen molar-refractivity contribution in [1.82, 2.24) is 5.32 Å². The molecular formula is C11H13FN2O2. The van der Waals surface area contributed by atoms with Crippen LogP contribution in [-0.2, 0) is 4.79 Å². The van der Waals surface area contributed by atoms with Crippen LogP contribution in [0.5, 0.6) is 0 Å². The van der Waals surface area contributed by atoms with Gasteiger partial charge in [0.25, 0.3) is 0 Å². The summed E-state index contributed by atoms with van der Waals surface area (Å²) in [4.78, 5) is 11.7. The standard InChI is InChI=1S/C11H13FN2O2/c12-7-1-3-8(4-2-7)14-11(16)10-5-9(15)6-13-10/h1-4,9-10,13,15H,5-6H2,(H,14,16)/t9-,10-/m1/s1. The molecule has 0 aromatic heterocycles. The zero-order chi connectivity index (χ0) is 11.5. The van der Waals surface area contributed by atoms with Crippen LogP contribution in [0.4, 0.5) is 10.1 Å². The molecule has 2 rings (SSSR count). The summed E-state index contributed by atoms with van der Waals surface area (Å²) in [5.74, 6) is -0.546. The van der Waals surface area contributed by atoms with Gasteiger partial charge in [-0.05, 0) is 30.7 Å². The SMILES string of the molecule is O=C(Nc1ccc(F)cc1)[C@H]1C[C@@H](O)CN1. The number of rotatable bonds is 2. The van der Waals surface area contributed by atoms with Crippen LogP contribution in [-0.4, -0.2) is 29.7 Å². The van der Waals surface area contributed by atoms with Crippen LogP contribution >= 0.6 is 0 Å². The molecule has 0 saturated carbocycles. The maximum Gasteiger partial charge on any atom is 0.241 e. The summed E-state index contributed by atoms with van der Waals surface area (Å²) in [5, 5.41) is 14.8. The van der Waals surface area contributed by atoms with Gasteiger partial charge in [-0.15, -0.1) is 0 Å². The zero-order valence-corrected chi connectivity index (χ0v) is 8.61. The number of nitrogens with one attached hydrogen (secondary N) is 2. The molecule has 1 fully saturated rings. The van der Waals surface area contributed by atoms with Gasteiger partial charge in [0.1, 0.15) is 5.82 Å². The zero-order valence-electron chi connectivity index (χ0n) is 8.61. The van der Waals surface area contributed by atoms with Gasteiger partial charge in [-0.25, -0.2) is 4.39 Å². The van der Waals surface area contributed by atoms with Crippen molar-refractivity contribution in [2.75, 3.05) is 11.9 Å². The van der Waals surface area contributed by atoms with E-state index in [0.717, 1.165) is 0 Å². The summed E-state index contributed by atoms with van der Waals surface area (Å²) in [5.41, 5.74) is 0.551. The van der Waals surface area contributed by atoms with Gasteiger partial charge < -0.3 is 15.7 Å². The highest BCUT2D eigenvalue weighted by molar-refractivity contribution is 5.95. The number of aliphatic hydroxyl groups is 1. The summed E-state index contributed by atoms with van der Waals surface area (Å²) < 4.78 is 12.6. The molecule has 1 aliphatic heterocycles. The topological polar surface area (TPSA) is 61.4 Å². The number of halogens is 1. The molecule has 1 amide bonds. The predicted molar refractivity (Wildman–Crippen MR) is 57.4 cm³/mol. The molecule has 0 spiro atoms. The van der Waals surface area contributed by atoms with Crippen LogP contribution in [0.15, 0.2) is 24.3 Å². The minimum Gasteiger partial charge on any atom is -0.392 e. The van der Waals surface area contributed by atoms with Crippen LogP contribution in [0.1, 0.15) is 6.42 Å². The number of amides is 1. The van der Waals surface area contributed by atoms with E-state index in [0.29, 0.717) is 18.7 Å². The second kappa shape index (κ2) is 4.59. The average molecular weight is 224 g/mol. The molecule has 4 nitrogen and oxygen atoms in total. The Bertz CT molecular complexity index is 380. The molecule has 3 N–H and O–H groups in total. The Hall–Kier alpha value is -1.46. The van der Waals surface area contributed by atoms with Crippen molar-refractivity contribution in [3.05, 3.63) is 30.1 Å². The lowest BCUT2D eigenvalue weighted by atomic mass is 10.2. The van der Waals surface area contributed by atoms with Crippen LogP contribution in [0.2, 0.25) is 0 Å².